The Bertz CT molecular complexity index is 1220. The van der Waals surface area contributed by atoms with Crippen molar-refractivity contribution in [2.24, 2.45) is 0 Å². The molecule has 0 saturated carbocycles. The lowest BCUT2D eigenvalue weighted by Crippen LogP contribution is -2.38. The molecule has 0 heterocycles. The van der Waals surface area contributed by atoms with Gasteiger partial charge in [0.25, 0.3) is 10.0 Å². The fourth-order valence-electron chi connectivity index (χ4n) is 3.04. The van der Waals surface area contributed by atoms with Crippen LogP contribution in [-0.4, -0.2) is 20.9 Å². The van der Waals surface area contributed by atoms with Gasteiger partial charge in [0, 0.05) is 10.7 Å². The van der Waals surface area contributed by atoms with Crippen molar-refractivity contribution in [1.82, 2.24) is 0 Å². The predicted octanol–water partition coefficient (Wildman–Crippen LogP) is 5.41. The number of carbonyl (C=O) groups is 1. The first-order chi connectivity index (χ1) is 14.6. The van der Waals surface area contributed by atoms with Gasteiger partial charge in [0.15, 0.2) is 0 Å². The normalized spacial score (nSPS) is 11.3. The van der Waals surface area contributed by atoms with Crippen LogP contribution in [0.2, 0.25) is 5.02 Å². The van der Waals surface area contributed by atoms with E-state index >= 15 is 0 Å². The van der Waals surface area contributed by atoms with Crippen LogP contribution in [0.1, 0.15) is 22.3 Å². The smallest absolute Gasteiger partial charge is 0.264 e. The van der Waals surface area contributed by atoms with Gasteiger partial charge in [-0.3, -0.25) is 9.10 Å². The Labute approximate surface area is 188 Å². The SMILES string of the molecule is Cc1ccc(S(=O)(=O)N(CC(=O)Nc2ccc(C)c(C)c2)c2ccc(C)c(Cl)c2)cc1. The van der Waals surface area contributed by atoms with Gasteiger partial charge < -0.3 is 5.32 Å². The summed E-state index contributed by atoms with van der Waals surface area (Å²) in [6, 6.07) is 17.0. The largest absolute Gasteiger partial charge is 0.325 e. The Balaban J connectivity index is 1.97. The molecule has 162 valence electrons. The standard InChI is InChI=1S/C24H25ClN2O3S/c1-16-5-11-22(12-6-16)31(29,30)27(21-10-8-18(3)23(25)14-21)15-24(28)26-20-9-7-17(2)19(4)13-20/h5-14H,15H2,1-4H3,(H,26,28). The molecule has 0 fully saturated rings. The number of benzene rings is 3. The quantitative estimate of drug-likeness (QED) is 0.539. The van der Waals surface area contributed by atoms with Crippen molar-refractivity contribution in [2.45, 2.75) is 32.6 Å². The molecular weight excluding hydrogens is 432 g/mol. The molecule has 0 unspecified atom stereocenters. The van der Waals surface area contributed by atoms with Gasteiger partial charge in [-0.15, -0.1) is 0 Å². The summed E-state index contributed by atoms with van der Waals surface area (Å²) in [5.74, 6) is -0.448. The molecular formula is C24H25ClN2O3S. The molecule has 3 aromatic rings. The molecule has 31 heavy (non-hydrogen) atoms. The van der Waals surface area contributed by atoms with Crippen molar-refractivity contribution in [3.63, 3.8) is 0 Å². The maximum absolute atomic E-state index is 13.4. The van der Waals surface area contributed by atoms with Gasteiger partial charge in [-0.1, -0.05) is 41.4 Å². The highest BCUT2D eigenvalue weighted by molar-refractivity contribution is 7.92. The second kappa shape index (κ2) is 9.12. The zero-order valence-corrected chi connectivity index (χ0v) is 19.5. The van der Waals surface area contributed by atoms with Gasteiger partial charge in [-0.2, -0.15) is 0 Å². The maximum Gasteiger partial charge on any atom is 0.264 e. The van der Waals surface area contributed by atoms with Crippen molar-refractivity contribution in [3.05, 3.63) is 87.9 Å². The molecule has 5 nitrogen and oxygen atoms in total. The summed E-state index contributed by atoms with van der Waals surface area (Å²) >= 11 is 6.25. The molecule has 0 aliphatic carbocycles. The summed E-state index contributed by atoms with van der Waals surface area (Å²) in [6.07, 6.45) is 0. The fraction of sp³-hybridized carbons (Fsp3) is 0.208. The van der Waals surface area contributed by atoms with E-state index in [1.54, 1.807) is 36.4 Å². The number of aryl methyl sites for hydroxylation is 4. The van der Waals surface area contributed by atoms with Crippen molar-refractivity contribution >= 4 is 38.9 Å². The minimum absolute atomic E-state index is 0.105. The zero-order valence-electron chi connectivity index (χ0n) is 17.9. The lowest BCUT2D eigenvalue weighted by molar-refractivity contribution is -0.114. The van der Waals surface area contributed by atoms with E-state index in [4.69, 9.17) is 11.6 Å². The zero-order chi connectivity index (χ0) is 22.8. The molecule has 1 amide bonds. The highest BCUT2D eigenvalue weighted by Crippen LogP contribution is 2.28. The van der Waals surface area contributed by atoms with Gasteiger partial charge in [0.05, 0.1) is 10.6 Å². The minimum Gasteiger partial charge on any atom is -0.325 e. The number of rotatable bonds is 6. The van der Waals surface area contributed by atoms with Crippen LogP contribution in [0.25, 0.3) is 0 Å². The number of amides is 1. The highest BCUT2D eigenvalue weighted by Gasteiger charge is 2.27. The lowest BCUT2D eigenvalue weighted by atomic mass is 10.1. The average Bonchev–Trinajstić information content (AvgIpc) is 2.71. The molecule has 0 spiro atoms. The van der Waals surface area contributed by atoms with Gasteiger partial charge >= 0.3 is 0 Å². The monoisotopic (exact) mass is 456 g/mol. The summed E-state index contributed by atoms with van der Waals surface area (Å²) < 4.78 is 27.9. The molecule has 0 radical (unpaired) electrons. The van der Waals surface area contributed by atoms with E-state index in [0.717, 1.165) is 26.6 Å². The van der Waals surface area contributed by atoms with Crippen LogP contribution >= 0.6 is 11.6 Å². The van der Waals surface area contributed by atoms with E-state index in [0.29, 0.717) is 16.4 Å². The molecule has 7 heteroatoms. The number of anilines is 2. The van der Waals surface area contributed by atoms with Crippen LogP contribution in [-0.2, 0) is 14.8 Å². The van der Waals surface area contributed by atoms with E-state index in [9.17, 15) is 13.2 Å². The molecule has 0 atom stereocenters. The molecule has 0 saturated heterocycles. The Morgan fingerprint density at radius 1 is 0.871 bits per heavy atom. The van der Waals surface area contributed by atoms with Gasteiger partial charge in [-0.25, -0.2) is 8.42 Å². The predicted molar refractivity (Wildman–Crippen MR) is 126 cm³/mol. The number of carbonyl (C=O) groups excluding carboxylic acids is 1. The number of halogens is 1. The van der Waals surface area contributed by atoms with Crippen molar-refractivity contribution in [1.29, 1.82) is 0 Å². The number of sulfonamides is 1. The van der Waals surface area contributed by atoms with Crippen LogP contribution in [0.15, 0.2) is 65.6 Å². The van der Waals surface area contributed by atoms with Crippen molar-refractivity contribution in [2.75, 3.05) is 16.2 Å². The topological polar surface area (TPSA) is 66.5 Å². The van der Waals surface area contributed by atoms with E-state index in [-0.39, 0.29) is 11.4 Å². The van der Waals surface area contributed by atoms with E-state index < -0.39 is 15.9 Å². The summed E-state index contributed by atoms with van der Waals surface area (Å²) in [7, 11) is -3.99. The molecule has 1 N–H and O–H groups in total. The summed E-state index contributed by atoms with van der Waals surface area (Å²) in [6.45, 7) is 7.26. The van der Waals surface area contributed by atoms with E-state index in [2.05, 4.69) is 5.32 Å². The first-order valence-electron chi connectivity index (χ1n) is 9.80. The molecule has 0 aliphatic heterocycles. The number of hydrogen-bond acceptors (Lipinski definition) is 3. The Morgan fingerprint density at radius 3 is 2.13 bits per heavy atom. The summed E-state index contributed by atoms with van der Waals surface area (Å²) in [5, 5.41) is 3.22. The number of hydrogen-bond donors (Lipinski definition) is 1. The second-order valence-corrected chi connectivity index (χ2v) is 9.87. The van der Waals surface area contributed by atoms with Crippen LogP contribution in [0.3, 0.4) is 0 Å². The first kappa shape index (κ1) is 22.8. The van der Waals surface area contributed by atoms with Crippen LogP contribution in [0.5, 0.6) is 0 Å². The second-order valence-electron chi connectivity index (χ2n) is 7.61. The first-order valence-corrected chi connectivity index (χ1v) is 11.6. The molecule has 3 rings (SSSR count). The number of nitrogens with one attached hydrogen (secondary N) is 1. The third-order valence-corrected chi connectivity index (χ3v) is 7.33. The Kier molecular flexibility index (Phi) is 6.72. The average molecular weight is 457 g/mol. The van der Waals surface area contributed by atoms with Crippen molar-refractivity contribution in [3.8, 4) is 0 Å². The maximum atomic E-state index is 13.4. The van der Waals surface area contributed by atoms with Gasteiger partial charge in [-0.05, 0) is 80.8 Å². The Morgan fingerprint density at radius 2 is 1.52 bits per heavy atom. The third-order valence-electron chi connectivity index (χ3n) is 5.13. The van der Waals surface area contributed by atoms with Crippen LogP contribution in [0.4, 0.5) is 11.4 Å². The lowest BCUT2D eigenvalue weighted by Gasteiger charge is -2.24. The summed E-state index contributed by atoms with van der Waals surface area (Å²) in [4.78, 5) is 12.9. The minimum atomic E-state index is -3.99. The molecule has 0 bridgehead atoms. The van der Waals surface area contributed by atoms with Crippen LogP contribution < -0.4 is 9.62 Å². The summed E-state index contributed by atoms with van der Waals surface area (Å²) in [5.41, 5.74) is 4.84. The fourth-order valence-corrected chi connectivity index (χ4v) is 4.63. The highest BCUT2D eigenvalue weighted by atomic mass is 35.5. The molecule has 3 aromatic carbocycles. The third kappa shape index (κ3) is 5.27. The van der Waals surface area contributed by atoms with E-state index in [1.165, 1.54) is 12.1 Å². The Hall–Kier alpha value is -2.83. The van der Waals surface area contributed by atoms with E-state index in [1.807, 2.05) is 39.8 Å². The van der Waals surface area contributed by atoms with Crippen molar-refractivity contribution < 1.29 is 13.2 Å². The number of nitrogens with zero attached hydrogens (tertiary/aromatic N) is 1. The van der Waals surface area contributed by atoms with Gasteiger partial charge in [0.2, 0.25) is 5.91 Å². The van der Waals surface area contributed by atoms with Crippen LogP contribution in [0, 0.1) is 27.7 Å². The molecule has 0 aromatic heterocycles. The molecule has 0 aliphatic rings. The van der Waals surface area contributed by atoms with Gasteiger partial charge in [0.1, 0.15) is 6.54 Å².